The van der Waals surface area contributed by atoms with Crippen LogP contribution in [0.5, 0.6) is 0 Å². The molecule has 1 atom stereocenters. The van der Waals surface area contributed by atoms with E-state index >= 15 is 0 Å². The molecule has 0 aliphatic carbocycles. The molecule has 0 unspecified atom stereocenters. The highest BCUT2D eigenvalue weighted by Crippen LogP contribution is 2.25. The smallest absolute Gasteiger partial charge is 0.321 e. The molecular formula is C19H30N4O2. The second-order valence-electron chi connectivity index (χ2n) is 7.21. The van der Waals surface area contributed by atoms with Crippen molar-refractivity contribution >= 4 is 17.4 Å². The van der Waals surface area contributed by atoms with E-state index in [-0.39, 0.29) is 6.03 Å². The summed E-state index contributed by atoms with van der Waals surface area (Å²) < 4.78 is 5.42. The van der Waals surface area contributed by atoms with Crippen LogP contribution in [0.3, 0.4) is 0 Å². The van der Waals surface area contributed by atoms with E-state index in [0.717, 1.165) is 63.7 Å². The fourth-order valence-corrected chi connectivity index (χ4v) is 3.71. The molecule has 0 aromatic heterocycles. The molecule has 1 aromatic rings. The molecule has 3 rings (SSSR count). The lowest BCUT2D eigenvalue weighted by Crippen LogP contribution is -2.47. The average molecular weight is 346 g/mol. The first-order valence-electron chi connectivity index (χ1n) is 9.26. The largest absolute Gasteiger partial charge is 0.379 e. The lowest BCUT2D eigenvalue weighted by molar-refractivity contribution is 0.0252. The summed E-state index contributed by atoms with van der Waals surface area (Å²) in [5, 5.41) is 3.10. The molecule has 2 saturated heterocycles. The van der Waals surface area contributed by atoms with Crippen molar-refractivity contribution in [3.63, 3.8) is 0 Å². The number of piperidine rings is 1. The lowest BCUT2D eigenvalue weighted by atomic mass is 9.97. The van der Waals surface area contributed by atoms with E-state index in [9.17, 15) is 4.79 Å². The van der Waals surface area contributed by atoms with Crippen LogP contribution in [0, 0.1) is 5.92 Å². The van der Waals surface area contributed by atoms with Gasteiger partial charge in [-0.25, -0.2) is 4.79 Å². The summed E-state index contributed by atoms with van der Waals surface area (Å²) >= 11 is 0. The summed E-state index contributed by atoms with van der Waals surface area (Å²) in [5.74, 6) is 0.557. The fraction of sp³-hybridized carbons (Fsp3) is 0.632. The van der Waals surface area contributed by atoms with Gasteiger partial charge in [-0.3, -0.25) is 4.90 Å². The summed E-state index contributed by atoms with van der Waals surface area (Å²) in [6, 6.07) is 7.95. The van der Waals surface area contributed by atoms with Crippen LogP contribution < -0.4 is 10.2 Å². The summed E-state index contributed by atoms with van der Waals surface area (Å²) in [6.45, 7) is 6.44. The number of carbonyl (C=O) groups is 1. The van der Waals surface area contributed by atoms with Gasteiger partial charge in [-0.2, -0.15) is 0 Å². The molecule has 2 heterocycles. The maximum Gasteiger partial charge on any atom is 0.321 e. The predicted molar refractivity (Wildman–Crippen MR) is 101 cm³/mol. The van der Waals surface area contributed by atoms with Crippen LogP contribution in [0.15, 0.2) is 24.3 Å². The van der Waals surface area contributed by atoms with Crippen LogP contribution in [-0.4, -0.2) is 75.9 Å². The number of morpholine rings is 1. The number of hydrogen-bond donors (Lipinski definition) is 1. The number of urea groups is 1. The van der Waals surface area contributed by atoms with E-state index in [1.165, 1.54) is 6.42 Å². The molecule has 0 spiro atoms. The van der Waals surface area contributed by atoms with Gasteiger partial charge in [0.25, 0.3) is 0 Å². The number of amides is 2. The number of benzene rings is 1. The zero-order valence-corrected chi connectivity index (χ0v) is 15.4. The Bertz CT molecular complexity index is 572. The molecular weight excluding hydrogens is 316 g/mol. The van der Waals surface area contributed by atoms with Gasteiger partial charge in [0.05, 0.1) is 24.6 Å². The Morgan fingerprint density at radius 1 is 1.24 bits per heavy atom. The van der Waals surface area contributed by atoms with Crippen LogP contribution >= 0.6 is 0 Å². The normalized spacial score (nSPS) is 21.8. The van der Waals surface area contributed by atoms with Gasteiger partial charge in [0.2, 0.25) is 0 Å². The molecule has 2 aliphatic heterocycles. The summed E-state index contributed by atoms with van der Waals surface area (Å²) in [6.07, 6.45) is 2.28. The molecule has 2 aliphatic rings. The molecule has 2 fully saturated rings. The molecule has 1 aromatic carbocycles. The average Bonchev–Trinajstić information content (AvgIpc) is 2.63. The number of anilines is 2. The van der Waals surface area contributed by atoms with Crippen molar-refractivity contribution in [2.75, 3.05) is 70.2 Å². The molecule has 6 heteroatoms. The topological polar surface area (TPSA) is 48.1 Å². The molecule has 0 saturated carbocycles. The van der Waals surface area contributed by atoms with Crippen molar-refractivity contribution in [2.45, 2.75) is 12.8 Å². The van der Waals surface area contributed by atoms with Gasteiger partial charge in [-0.15, -0.1) is 0 Å². The molecule has 25 heavy (non-hydrogen) atoms. The van der Waals surface area contributed by atoms with Gasteiger partial charge in [-0.05, 0) is 30.9 Å². The van der Waals surface area contributed by atoms with Crippen LogP contribution in [0.2, 0.25) is 0 Å². The number of para-hydroxylation sites is 2. The number of carbonyl (C=O) groups excluding carboxylic acids is 1. The Morgan fingerprint density at radius 2 is 2.00 bits per heavy atom. The zero-order valence-electron chi connectivity index (χ0n) is 15.4. The van der Waals surface area contributed by atoms with Crippen molar-refractivity contribution < 1.29 is 9.53 Å². The van der Waals surface area contributed by atoms with Crippen molar-refractivity contribution in [3.8, 4) is 0 Å². The molecule has 0 bridgehead atoms. The van der Waals surface area contributed by atoms with Gasteiger partial charge in [0.1, 0.15) is 0 Å². The minimum atomic E-state index is 0.0148. The van der Waals surface area contributed by atoms with E-state index in [0.29, 0.717) is 5.92 Å². The first kappa shape index (κ1) is 18.0. The Kier molecular flexibility index (Phi) is 6.15. The summed E-state index contributed by atoms with van der Waals surface area (Å²) in [7, 11) is 3.98. The quantitative estimate of drug-likeness (QED) is 0.909. The second kappa shape index (κ2) is 8.54. The van der Waals surface area contributed by atoms with Crippen LogP contribution in [0.25, 0.3) is 0 Å². The van der Waals surface area contributed by atoms with Crippen molar-refractivity contribution in [3.05, 3.63) is 24.3 Å². The second-order valence-corrected chi connectivity index (χ2v) is 7.21. The van der Waals surface area contributed by atoms with Gasteiger partial charge >= 0.3 is 6.03 Å². The fourth-order valence-electron chi connectivity index (χ4n) is 3.71. The van der Waals surface area contributed by atoms with E-state index in [4.69, 9.17) is 4.74 Å². The van der Waals surface area contributed by atoms with Crippen LogP contribution in [0.1, 0.15) is 12.8 Å². The Labute approximate surface area is 150 Å². The predicted octanol–water partition coefficient (Wildman–Crippen LogP) is 2.33. The number of nitrogens with one attached hydrogen (secondary N) is 1. The van der Waals surface area contributed by atoms with Gasteiger partial charge in [0, 0.05) is 46.8 Å². The third-order valence-corrected chi connectivity index (χ3v) is 5.05. The van der Waals surface area contributed by atoms with E-state index < -0.39 is 0 Å². The van der Waals surface area contributed by atoms with Crippen molar-refractivity contribution in [2.24, 2.45) is 5.92 Å². The van der Waals surface area contributed by atoms with E-state index in [1.807, 2.05) is 48.2 Å². The Morgan fingerprint density at radius 3 is 2.76 bits per heavy atom. The third-order valence-electron chi connectivity index (χ3n) is 5.05. The number of ether oxygens (including phenoxy) is 1. The number of likely N-dealkylation sites (tertiary alicyclic amines) is 1. The third kappa shape index (κ3) is 4.86. The standard InChI is InChI=1S/C19H30N4O2/c1-21(2)18-8-4-3-7-17(18)20-19(24)23-9-5-6-16(15-23)14-22-10-12-25-13-11-22/h3-4,7-8,16H,5-6,9-15H2,1-2H3,(H,20,24)/t16-/m1/s1. The zero-order chi connectivity index (χ0) is 17.6. The Hall–Kier alpha value is -1.79. The molecule has 1 N–H and O–H groups in total. The van der Waals surface area contributed by atoms with Crippen LogP contribution in [0.4, 0.5) is 16.2 Å². The maximum absolute atomic E-state index is 12.7. The van der Waals surface area contributed by atoms with E-state index in [2.05, 4.69) is 10.2 Å². The van der Waals surface area contributed by atoms with Gasteiger partial charge < -0.3 is 19.9 Å². The van der Waals surface area contributed by atoms with E-state index in [1.54, 1.807) is 0 Å². The molecule has 6 nitrogen and oxygen atoms in total. The number of hydrogen-bond acceptors (Lipinski definition) is 4. The highest BCUT2D eigenvalue weighted by molar-refractivity contribution is 5.93. The number of nitrogens with zero attached hydrogens (tertiary/aromatic N) is 3. The molecule has 0 radical (unpaired) electrons. The van der Waals surface area contributed by atoms with Crippen molar-refractivity contribution in [1.82, 2.24) is 9.80 Å². The minimum absolute atomic E-state index is 0.0148. The minimum Gasteiger partial charge on any atom is -0.379 e. The van der Waals surface area contributed by atoms with Crippen molar-refractivity contribution in [1.29, 1.82) is 0 Å². The molecule has 138 valence electrons. The first-order valence-corrected chi connectivity index (χ1v) is 9.26. The van der Waals surface area contributed by atoms with Gasteiger partial charge in [0.15, 0.2) is 0 Å². The molecule has 2 amide bonds. The monoisotopic (exact) mass is 346 g/mol. The summed E-state index contributed by atoms with van der Waals surface area (Å²) in [4.78, 5) is 19.2. The Balaban J connectivity index is 1.56. The van der Waals surface area contributed by atoms with Gasteiger partial charge in [-0.1, -0.05) is 12.1 Å². The SMILES string of the molecule is CN(C)c1ccccc1NC(=O)N1CCC[C@H](CN2CCOCC2)C1. The summed E-state index contributed by atoms with van der Waals surface area (Å²) in [5.41, 5.74) is 1.89. The highest BCUT2D eigenvalue weighted by Gasteiger charge is 2.26. The lowest BCUT2D eigenvalue weighted by Gasteiger charge is -2.36. The maximum atomic E-state index is 12.7. The number of rotatable bonds is 4. The first-order chi connectivity index (χ1) is 12.1. The highest BCUT2D eigenvalue weighted by atomic mass is 16.5. The van der Waals surface area contributed by atoms with Crippen LogP contribution in [-0.2, 0) is 4.74 Å².